The number of halogens is 1. The van der Waals surface area contributed by atoms with Gasteiger partial charge >= 0.3 is 5.97 Å². The van der Waals surface area contributed by atoms with Gasteiger partial charge in [0.1, 0.15) is 5.75 Å². The van der Waals surface area contributed by atoms with Gasteiger partial charge in [0.05, 0.1) is 0 Å². The number of esters is 1. The lowest BCUT2D eigenvalue weighted by molar-refractivity contribution is -0.131. The summed E-state index contributed by atoms with van der Waals surface area (Å²) in [4.78, 5) is 10.7. The molecule has 0 heterocycles. The zero-order valence-electron chi connectivity index (χ0n) is 8.63. The Morgan fingerprint density at radius 3 is 2.47 bits per heavy atom. The van der Waals surface area contributed by atoms with Crippen LogP contribution < -0.4 is 4.74 Å². The van der Waals surface area contributed by atoms with Gasteiger partial charge in [0.2, 0.25) is 0 Å². The number of rotatable bonds is 4. The molecule has 0 unspecified atom stereocenters. The molecule has 0 saturated carbocycles. The summed E-state index contributed by atoms with van der Waals surface area (Å²) in [5, 5.41) is 0. The van der Waals surface area contributed by atoms with Gasteiger partial charge in [-0.15, -0.1) is 0 Å². The number of benzene rings is 1. The van der Waals surface area contributed by atoms with E-state index >= 15 is 0 Å². The van der Waals surface area contributed by atoms with Crippen LogP contribution in [0.2, 0.25) is 0 Å². The molecule has 15 heavy (non-hydrogen) atoms. The topological polar surface area (TPSA) is 26.3 Å². The Labute approximate surface area is 98.1 Å². The molecule has 1 aromatic carbocycles. The predicted molar refractivity (Wildman–Crippen MR) is 64.1 cm³/mol. The second-order valence-electron chi connectivity index (χ2n) is 3.25. The van der Waals surface area contributed by atoms with Crippen LogP contribution in [-0.4, -0.2) is 5.97 Å². The van der Waals surface area contributed by atoms with Crippen LogP contribution in [0, 0.1) is 0 Å². The van der Waals surface area contributed by atoms with Crippen molar-refractivity contribution in [1.29, 1.82) is 0 Å². The van der Waals surface area contributed by atoms with Gasteiger partial charge in [0, 0.05) is 6.92 Å². The van der Waals surface area contributed by atoms with Crippen LogP contribution in [0.5, 0.6) is 5.75 Å². The molecule has 1 rings (SSSR count). The van der Waals surface area contributed by atoms with Gasteiger partial charge in [0.25, 0.3) is 0 Å². The zero-order chi connectivity index (χ0) is 11.3. The molecule has 2 nitrogen and oxygen atoms in total. The maximum absolute atomic E-state index is 10.7. The van der Waals surface area contributed by atoms with Crippen LogP contribution in [0.25, 0.3) is 0 Å². The highest BCUT2D eigenvalue weighted by atomic mass is 79.9. The summed E-state index contributed by atoms with van der Waals surface area (Å²) in [5.74, 6) is 0.292. The fourth-order valence-electron chi connectivity index (χ4n) is 1.17. The first-order valence-corrected chi connectivity index (χ1v) is 5.48. The monoisotopic (exact) mass is 268 g/mol. The summed E-state index contributed by atoms with van der Waals surface area (Å²) in [6.07, 6.45) is 1.84. The van der Waals surface area contributed by atoms with Crippen molar-refractivity contribution < 1.29 is 9.53 Å². The fraction of sp³-hybridized carbons (Fsp3) is 0.250. The summed E-state index contributed by atoms with van der Waals surface area (Å²) < 4.78 is 5.92. The lowest BCUT2D eigenvalue weighted by Gasteiger charge is -2.03. The normalized spacial score (nSPS) is 9.73. The van der Waals surface area contributed by atoms with Crippen molar-refractivity contribution in [2.45, 2.75) is 19.8 Å². The van der Waals surface area contributed by atoms with E-state index in [1.54, 1.807) is 12.1 Å². The highest BCUT2D eigenvalue weighted by Gasteiger charge is 1.98. The van der Waals surface area contributed by atoms with E-state index in [0.717, 1.165) is 17.3 Å². The van der Waals surface area contributed by atoms with E-state index in [-0.39, 0.29) is 5.97 Å². The predicted octanol–water partition coefficient (Wildman–Crippen LogP) is 3.45. The van der Waals surface area contributed by atoms with E-state index in [2.05, 4.69) is 22.5 Å². The molecule has 0 N–H and O–H groups in total. The number of ether oxygens (including phenoxy) is 1. The summed E-state index contributed by atoms with van der Waals surface area (Å²) in [7, 11) is 0. The van der Waals surface area contributed by atoms with Gasteiger partial charge in [-0.25, -0.2) is 0 Å². The number of carbonyl (C=O) groups is 1. The molecule has 3 heteroatoms. The first-order chi connectivity index (χ1) is 7.08. The first kappa shape index (κ1) is 12.0. The van der Waals surface area contributed by atoms with Crippen LogP contribution in [0.1, 0.15) is 18.9 Å². The van der Waals surface area contributed by atoms with Gasteiger partial charge < -0.3 is 4.74 Å². The molecule has 0 fully saturated rings. The van der Waals surface area contributed by atoms with Crippen LogP contribution in [0.4, 0.5) is 0 Å². The summed E-state index contributed by atoms with van der Waals surface area (Å²) in [6.45, 7) is 5.17. The molecule has 0 aliphatic rings. The lowest BCUT2D eigenvalue weighted by Crippen LogP contribution is -2.01. The third-order valence-corrected chi connectivity index (χ3v) is 2.27. The molecule has 0 saturated heterocycles. The van der Waals surface area contributed by atoms with Crippen molar-refractivity contribution in [1.82, 2.24) is 0 Å². The number of carbonyl (C=O) groups excluding carboxylic acids is 1. The van der Waals surface area contributed by atoms with Gasteiger partial charge in [-0.05, 0) is 35.0 Å². The van der Waals surface area contributed by atoms with E-state index in [9.17, 15) is 4.79 Å². The van der Waals surface area contributed by atoms with Crippen molar-refractivity contribution >= 4 is 21.9 Å². The van der Waals surface area contributed by atoms with E-state index in [4.69, 9.17) is 4.74 Å². The maximum Gasteiger partial charge on any atom is 0.308 e. The van der Waals surface area contributed by atoms with Crippen molar-refractivity contribution in [3.05, 3.63) is 40.9 Å². The molecule has 0 radical (unpaired) electrons. The second-order valence-corrected chi connectivity index (χ2v) is 4.38. The van der Waals surface area contributed by atoms with Crippen molar-refractivity contribution in [2.75, 3.05) is 0 Å². The Morgan fingerprint density at radius 2 is 2.00 bits per heavy atom. The molecule has 0 aliphatic heterocycles. The van der Waals surface area contributed by atoms with E-state index in [1.165, 1.54) is 12.5 Å². The Morgan fingerprint density at radius 1 is 1.40 bits per heavy atom. The quantitative estimate of drug-likeness (QED) is 0.618. The average Bonchev–Trinajstić information content (AvgIpc) is 2.16. The number of hydrogen-bond acceptors (Lipinski definition) is 2. The van der Waals surface area contributed by atoms with E-state index < -0.39 is 0 Å². The van der Waals surface area contributed by atoms with Crippen LogP contribution in [0.15, 0.2) is 35.3 Å². The summed E-state index contributed by atoms with van der Waals surface area (Å²) >= 11 is 3.32. The maximum atomic E-state index is 10.7. The smallest absolute Gasteiger partial charge is 0.308 e. The molecule has 0 bridgehead atoms. The molecular weight excluding hydrogens is 256 g/mol. The number of allylic oxidation sites excluding steroid dienone is 1. The molecule has 0 aromatic heterocycles. The molecule has 0 atom stereocenters. The minimum Gasteiger partial charge on any atom is -0.427 e. The molecular formula is C12H13BrO2. The third kappa shape index (κ3) is 4.79. The van der Waals surface area contributed by atoms with Gasteiger partial charge in [0.15, 0.2) is 0 Å². The highest BCUT2D eigenvalue weighted by Crippen LogP contribution is 2.16. The van der Waals surface area contributed by atoms with Crippen LogP contribution in [0.3, 0.4) is 0 Å². The molecule has 1 aromatic rings. The highest BCUT2D eigenvalue weighted by molar-refractivity contribution is 9.11. The Kier molecular flexibility index (Phi) is 4.56. The Hall–Kier alpha value is -1.09. The van der Waals surface area contributed by atoms with E-state index in [1.807, 2.05) is 12.1 Å². The molecule has 0 amide bonds. The standard InChI is InChI=1S/C12H13BrO2/c1-9(13)3-4-11-5-7-12(8-6-11)15-10(2)14/h5-8H,1,3-4H2,2H3. The van der Waals surface area contributed by atoms with E-state index in [0.29, 0.717) is 5.75 Å². The minimum atomic E-state index is -0.295. The minimum absolute atomic E-state index is 0.295. The zero-order valence-corrected chi connectivity index (χ0v) is 10.2. The second kappa shape index (κ2) is 5.71. The molecule has 80 valence electrons. The van der Waals surface area contributed by atoms with Gasteiger partial charge in [-0.1, -0.05) is 34.6 Å². The Balaban J connectivity index is 2.56. The van der Waals surface area contributed by atoms with Crippen LogP contribution >= 0.6 is 15.9 Å². The van der Waals surface area contributed by atoms with Gasteiger partial charge in [-0.3, -0.25) is 4.79 Å². The SMILES string of the molecule is C=C(Br)CCc1ccc(OC(C)=O)cc1. The van der Waals surface area contributed by atoms with Crippen molar-refractivity contribution in [3.8, 4) is 5.75 Å². The molecule has 0 aliphatic carbocycles. The van der Waals surface area contributed by atoms with Crippen molar-refractivity contribution in [2.24, 2.45) is 0 Å². The third-order valence-electron chi connectivity index (χ3n) is 1.87. The Bertz CT molecular complexity index is 354. The number of hydrogen-bond donors (Lipinski definition) is 0. The average molecular weight is 269 g/mol. The van der Waals surface area contributed by atoms with Gasteiger partial charge in [-0.2, -0.15) is 0 Å². The summed E-state index contributed by atoms with van der Waals surface area (Å²) in [5.41, 5.74) is 1.20. The summed E-state index contributed by atoms with van der Waals surface area (Å²) in [6, 6.07) is 7.50. The molecule has 0 spiro atoms. The largest absolute Gasteiger partial charge is 0.427 e. The fourth-order valence-corrected chi connectivity index (χ4v) is 1.37. The van der Waals surface area contributed by atoms with Crippen LogP contribution in [-0.2, 0) is 11.2 Å². The first-order valence-electron chi connectivity index (χ1n) is 4.68. The van der Waals surface area contributed by atoms with Crippen molar-refractivity contribution in [3.63, 3.8) is 0 Å². The number of aryl methyl sites for hydroxylation is 1. The lowest BCUT2D eigenvalue weighted by atomic mass is 10.1.